The lowest BCUT2D eigenvalue weighted by Gasteiger charge is -2.14. The van der Waals surface area contributed by atoms with Gasteiger partial charge in [0.25, 0.3) is 5.56 Å². The Morgan fingerprint density at radius 3 is 2.55 bits per heavy atom. The average Bonchev–Trinajstić information content (AvgIpc) is 2.83. The first-order valence-corrected chi connectivity index (χ1v) is 11.2. The van der Waals surface area contributed by atoms with Crippen LogP contribution in [0, 0.1) is 0 Å². The Kier molecular flexibility index (Phi) is 7.23. The zero-order valence-electron chi connectivity index (χ0n) is 18.7. The van der Waals surface area contributed by atoms with Gasteiger partial charge in [-0.25, -0.2) is 0 Å². The van der Waals surface area contributed by atoms with E-state index in [1.165, 1.54) is 0 Å². The molecule has 6 heteroatoms. The molecular weight excluding hydrogens is 434 g/mol. The van der Waals surface area contributed by atoms with E-state index >= 15 is 0 Å². The summed E-state index contributed by atoms with van der Waals surface area (Å²) in [4.78, 5) is 20.2. The molecule has 4 rings (SSSR count). The lowest BCUT2D eigenvalue weighted by Crippen LogP contribution is -2.20. The van der Waals surface area contributed by atoms with Crippen LogP contribution in [0.1, 0.15) is 6.42 Å². The molecule has 33 heavy (non-hydrogen) atoms. The van der Waals surface area contributed by atoms with E-state index in [9.17, 15) is 4.79 Å². The van der Waals surface area contributed by atoms with Crippen molar-refractivity contribution in [1.29, 1.82) is 0 Å². The molecule has 168 valence electrons. The van der Waals surface area contributed by atoms with Gasteiger partial charge in [0.05, 0.1) is 18.0 Å². The number of halogens is 1. The van der Waals surface area contributed by atoms with Crippen molar-refractivity contribution in [2.45, 2.75) is 6.42 Å². The van der Waals surface area contributed by atoms with Crippen molar-refractivity contribution in [1.82, 2.24) is 14.5 Å². The summed E-state index contributed by atoms with van der Waals surface area (Å²) in [6, 6.07) is 22.5. The fourth-order valence-electron chi connectivity index (χ4n) is 3.61. The maximum atomic E-state index is 13.6. The number of pyridine rings is 2. The van der Waals surface area contributed by atoms with Crippen LogP contribution in [0.4, 0.5) is 0 Å². The molecule has 0 aliphatic carbocycles. The number of hydrogen-bond donors (Lipinski definition) is 0. The van der Waals surface area contributed by atoms with E-state index in [-0.39, 0.29) is 5.56 Å². The first-order chi connectivity index (χ1) is 16.0. The molecule has 2 heterocycles. The SMILES string of the molecule is CN(C)CCCOc1cccc(-n2cc(-c3ccccn3)cc(-c3ccccc3Cl)c2=O)c1. The first-order valence-electron chi connectivity index (χ1n) is 10.8. The topological polar surface area (TPSA) is 47.4 Å². The molecule has 0 aliphatic rings. The van der Waals surface area contributed by atoms with Crippen LogP contribution in [0.15, 0.2) is 90.0 Å². The van der Waals surface area contributed by atoms with Crippen LogP contribution in [-0.4, -0.2) is 41.7 Å². The third kappa shape index (κ3) is 5.51. The van der Waals surface area contributed by atoms with Crippen LogP contribution in [-0.2, 0) is 0 Å². The summed E-state index contributed by atoms with van der Waals surface area (Å²) in [5, 5.41) is 0.525. The minimum atomic E-state index is -0.160. The molecule has 0 spiro atoms. The Hall–Kier alpha value is -3.41. The Morgan fingerprint density at radius 1 is 0.970 bits per heavy atom. The second-order valence-electron chi connectivity index (χ2n) is 8.02. The maximum Gasteiger partial charge on any atom is 0.263 e. The average molecular weight is 460 g/mol. The van der Waals surface area contributed by atoms with Crippen molar-refractivity contribution in [3.8, 4) is 33.8 Å². The standard InChI is InChI=1S/C27H26ClN3O2/c1-30(2)15-8-16-33-22-10-7-9-21(18-22)31-19-20(26-13-5-6-14-29-26)17-24(27(31)32)23-11-3-4-12-25(23)28/h3-7,9-14,17-19H,8,15-16H2,1-2H3. The van der Waals surface area contributed by atoms with Crippen LogP contribution in [0.3, 0.4) is 0 Å². The number of hydrogen-bond acceptors (Lipinski definition) is 4. The van der Waals surface area contributed by atoms with Crippen molar-refractivity contribution in [3.63, 3.8) is 0 Å². The second kappa shape index (κ2) is 10.5. The summed E-state index contributed by atoms with van der Waals surface area (Å²) in [7, 11) is 4.08. The summed E-state index contributed by atoms with van der Waals surface area (Å²) in [6.07, 6.45) is 4.47. The van der Waals surface area contributed by atoms with Crippen LogP contribution in [0.25, 0.3) is 28.1 Å². The fraction of sp³-hybridized carbons (Fsp3) is 0.185. The monoisotopic (exact) mass is 459 g/mol. The lowest BCUT2D eigenvalue weighted by molar-refractivity contribution is 0.281. The van der Waals surface area contributed by atoms with Crippen molar-refractivity contribution in [2.75, 3.05) is 27.2 Å². The molecule has 0 atom stereocenters. The van der Waals surface area contributed by atoms with Gasteiger partial charge >= 0.3 is 0 Å². The molecule has 5 nitrogen and oxygen atoms in total. The van der Waals surface area contributed by atoms with Crippen LogP contribution in [0.5, 0.6) is 5.75 Å². The summed E-state index contributed by atoms with van der Waals surface area (Å²) in [6.45, 7) is 1.56. The minimum Gasteiger partial charge on any atom is -0.493 e. The van der Waals surface area contributed by atoms with Gasteiger partial charge in [-0.15, -0.1) is 0 Å². The Morgan fingerprint density at radius 2 is 1.79 bits per heavy atom. The second-order valence-corrected chi connectivity index (χ2v) is 8.42. The third-order valence-corrected chi connectivity index (χ3v) is 5.59. The quantitative estimate of drug-likeness (QED) is 0.324. The Labute approximate surface area is 198 Å². The van der Waals surface area contributed by atoms with Gasteiger partial charge in [0.1, 0.15) is 5.75 Å². The normalized spacial score (nSPS) is 11.0. The van der Waals surface area contributed by atoms with Crippen molar-refractivity contribution >= 4 is 11.6 Å². The number of nitrogens with zero attached hydrogens (tertiary/aromatic N) is 3. The predicted molar refractivity (Wildman–Crippen MR) is 134 cm³/mol. The molecule has 0 unspecified atom stereocenters. The molecular formula is C27H26ClN3O2. The van der Waals surface area contributed by atoms with Gasteiger partial charge in [-0.2, -0.15) is 0 Å². The first kappa shape index (κ1) is 22.8. The van der Waals surface area contributed by atoms with Crippen LogP contribution in [0.2, 0.25) is 5.02 Å². The molecule has 2 aromatic carbocycles. The van der Waals surface area contributed by atoms with Gasteiger partial charge in [0.15, 0.2) is 0 Å². The third-order valence-electron chi connectivity index (χ3n) is 5.26. The Bertz CT molecular complexity index is 1290. The summed E-state index contributed by atoms with van der Waals surface area (Å²) in [5.41, 5.74) is 3.36. The molecule has 0 amide bonds. The highest BCUT2D eigenvalue weighted by molar-refractivity contribution is 6.33. The summed E-state index contributed by atoms with van der Waals surface area (Å²) < 4.78 is 7.57. The van der Waals surface area contributed by atoms with Gasteiger partial charge in [-0.3, -0.25) is 14.3 Å². The van der Waals surface area contributed by atoms with E-state index in [2.05, 4.69) is 9.88 Å². The minimum absolute atomic E-state index is 0.160. The Balaban J connectivity index is 1.78. The predicted octanol–water partition coefficient (Wildman–Crippen LogP) is 5.55. The highest BCUT2D eigenvalue weighted by Gasteiger charge is 2.14. The molecule has 0 N–H and O–H groups in total. The van der Waals surface area contributed by atoms with E-state index < -0.39 is 0 Å². The fourth-order valence-corrected chi connectivity index (χ4v) is 3.85. The molecule has 4 aromatic rings. The van der Waals surface area contributed by atoms with E-state index in [4.69, 9.17) is 16.3 Å². The van der Waals surface area contributed by atoms with Gasteiger partial charge in [-0.05, 0) is 56.9 Å². The van der Waals surface area contributed by atoms with E-state index in [1.807, 2.05) is 87.0 Å². The zero-order chi connectivity index (χ0) is 23.2. The van der Waals surface area contributed by atoms with Crippen molar-refractivity contribution in [3.05, 3.63) is 101 Å². The molecule has 0 radical (unpaired) electrons. The van der Waals surface area contributed by atoms with Gasteiger partial charge in [-0.1, -0.05) is 41.9 Å². The summed E-state index contributed by atoms with van der Waals surface area (Å²) in [5.74, 6) is 0.723. The van der Waals surface area contributed by atoms with Crippen LogP contribution < -0.4 is 10.3 Å². The number of ether oxygens (including phenoxy) is 1. The lowest BCUT2D eigenvalue weighted by atomic mass is 10.0. The molecule has 2 aromatic heterocycles. The number of benzene rings is 2. The maximum absolute atomic E-state index is 13.6. The van der Waals surface area contributed by atoms with Gasteiger partial charge in [0.2, 0.25) is 0 Å². The summed E-state index contributed by atoms with van der Waals surface area (Å²) >= 11 is 6.46. The number of aromatic nitrogens is 2. The smallest absolute Gasteiger partial charge is 0.263 e. The van der Waals surface area contributed by atoms with E-state index in [1.54, 1.807) is 16.8 Å². The molecule has 0 fully saturated rings. The van der Waals surface area contributed by atoms with Gasteiger partial charge in [0, 0.05) is 46.7 Å². The molecule has 0 aliphatic heterocycles. The van der Waals surface area contributed by atoms with E-state index in [0.717, 1.165) is 35.7 Å². The van der Waals surface area contributed by atoms with E-state index in [0.29, 0.717) is 22.8 Å². The van der Waals surface area contributed by atoms with Crippen molar-refractivity contribution in [2.24, 2.45) is 0 Å². The highest BCUT2D eigenvalue weighted by Crippen LogP contribution is 2.29. The zero-order valence-corrected chi connectivity index (χ0v) is 19.5. The highest BCUT2D eigenvalue weighted by atomic mass is 35.5. The van der Waals surface area contributed by atoms with Crippen molar-refractivity contribution < 1.29 is 4.74 Å². The largest absolute Gasteiger partial charge is 0.493 e. The number of rotatable bonds is 8. The molecule has 0 saturated heterocycles. The van der Waals surface area contributed by atoms with Gasteiger partial charge < -0.3 is 9.64 Å². The van der Waals surface area contributed by atoms with Crippen LogP contribution >= 0.6 is 11.6 Å². The molecule has 0 saturated carbocycles. The molecule has 0 bridgehead atoms.